The number of methoxy groups -OCH3 is 2. The molecule has 0 amide bonds. The van der Waals surface area contributed by atoms with Crippen molar-refractivity contribution in [3.63, 3.8) is 0 Å². The molecule has 1 aliphatic rings. The van der Waals surface area contributed by atoms with E-state index in [0.717, 1.165) is 34.2 Å². The molecule has 0 aliphatic carbocycles. The number of hydrogen-bond acceptors (Lipinski definition) is 4. The van der Waals surface area contributed by atoms with Crippen molar-refractivity contribution in [1.82, 2.24) is 14.9 Å². The van der Waals surface area contributed by atoms with Gasteiger partial charge in [-0.05, 0) is 67.7 Å². The molecule has 2 atom stereocenters. The standard InChI is InChI=1S/C27H26N4O2S/c1-18-12-14-23(30(18)19-9-5-4-6-10-19)26-25(21-11-7-8-16-28-21)29-27(34)31(26)22-15-13-20(32-2)17-24(22)33-3/h4-17,25-26H,1-3H3,(H,29,34). The van der Waals surface area contributed by atoms with Crippen LogP contribution in [0.1, 0.15) is 29.2 Å². The molecule has 2 unspecified atom stereocenters. The van der Waals surface area contributed by atoms with Crippen LogP contribution in [0.3, 0.4) is 0 Å². The summed E-state index contributed by atoms with van der Waals surface area (Å²) < 4.78 is 13.5. The number of aromatic nitrogens is 2. The maximum atomic E-state index is 5.90. The van der Waals surface area contributed by atoms with E-state index in [0.29, 0.717) is 10.9 Å². The van der Waals surface area contributed by atoms with Crippen molar-refractivity contribution < 1.29 is 9.47 Å². The Hall–Kier alpha value is -3.84. The molecule has 0 bridgehead atoms. The van der Waals surface area contributed by atoms with Crippen molar-refractivity contribution in [3.8, 4) is 17.2 Å². The summed E-state index contributed by atoms with van der Waals surface area (Å²) in [5.41, 5.74) is 5.12. The van der Waals surface area contributed by atoms with E-state index in [4.69, 9.17) is 21.7 Å². The van der Waals surface area contributed by atoms with Crippen LogP contribution in [0.2, 0.25) is 0 Å². The summed E-state index contributed by atoms with van der Waals surface area (Å²) >= 11 is 5.90. The number of pyridine rings is 1. The van der Waals surface area contributed by atoms with Crippen molar-refractivity contribution in [2.24, 2.45) is 0 Å². The predicted octanol–water partition coefficient (Wildman–Crippen LogP) is 5.38. The normalized spacial score (nSPS) is 17.5. The lowest BCUT2D eigenvalue weighted by Crippen LogP contribution is -2.30. The van der Waals surface area contributed by atoms with Crippen LogP contribution in [0.5, 0.6) is 11.5 Å². The Bertz CT molecular complexity index is 1310. The van der Waals surface area contributed by atoms with E-state index in [-0.39, 0.29) is 12.1 Å². The van der Waals surface area contributed by atoms with Gasteiger partial charge in [-0.2, -0.15) is 0 Å². The molecule has 0 saturated carbocycles. The summed E-state index contributed by atoms with van der Waals surface area (Å²) in [6, 6.07) is 26.1. The first-order chi connectivity index (χ1) is 16.6. The Morgan fingerprint density at radius 2 is 1.71 bits per heavy atom. The third-order valence-corrected chi connectivity index (χ3v) is 6.48. The van der Waals surface area contributed by atoms with Crippen molar-refractivity contribution >= 4 is 23.0 Å². The summed E-state index contributed by atoms with van der Waals surface area (Å²) in [7, 11) is 3.30. The van der Waals surface area contributed by atoms with Gasteiger partial charge in [-0.25, -0.2) is 0 Å². The molecule has 1 aliphatic heterocycles. The zero-order valence-corrected chi connectivity index (χ0v) is 20.1. The Labute approximate surface area is 204 Å². The minimum Gasteiger partial charge on any atom is -0.497 e. The fraction of sp³-hybridized carbons (Fsp3) is 0.185. The molecular weight excluding hydrogens is 444 g/mol. The number of hydrogen-bond donors (Lipinski definition) is 1. The quantitative estimate of drug-likeness (QED) is 0.382. The van der Waals surface area contributed by atoms with Gasteiger partial charge in [0.05, 0.1) is 31.6 Å². The summed E-state index contributed by atoms with van der Waals surface area (Å²) in [6.07, 6.45) is 1.81. The Balaban J connectivity index is 1.72. The second-order valence-corrected chi connectivity index (χ2v) is 8.49. The lowest BCUT2D eigenvalue weighted by atomic mass is 10.0. The third-order valence-electron chi connectivity index (χ3n) is 6.17. The first-order valence-corrected chi connectivity index (χ1v) is 11.5. The summed E-state index contributed by atoms with van der Waals surface area (Å²) in [5.74, 6) is 1.41. The van der Waals surface area contributed by atoms with Gasteiger partial charge in [-0.15, -0.1) is 0 Å². The van der Waals surface area contributed by atoms with Gasteiger partial charge in [0.25, 0.3) is 0 Å². The maximum absolute atomic E-state index is 5.90. The van der Waals surface area contributed by atoms with Crippen LogP contribution >= 0.6 is 12.2 Å². The van der Waals surface area contributed by atoms with Gasteiger partial charge in [0, 0.05) is 29.3 Å². The largest absolute Gasteiger partial charge is 0.497 e. The number of nitrogens with one attached hydrogen (secondary N) is 1. The van der Waals surface area contributed by atoms with E-state index in [1.54, 1.807) is 14.2 Å². The van der Waals surface area contributed by atoms with E-state index >= 15 is 0 Å². The van der Waals surface area contributed by atoms with Crippen LogP contribution in [0.25, 0.3) is 5.69 Å². The van der Waals surface area contributed by atoms with Gasteiger partial charge in [-0.3, -0.25) is 4.98 Å². The van der Waals surface area contributed by atoms with E-state index in [1.807, 2.05) is 48.7 Å². The molecule has 172 valence electrons. The van der Waals surface area contributed by atoms with Crippen molar-refractivity contribution in [3.05, 3.63) is 102 Å². The fourth-order valence-electron chi connectivity index (χ4n) is 4.62. The zero-order chi connectivity index (χ0) is 23.7. The molecule has 3 heterocycles. The van der Waals surface area contributed by atoms with Gasteiger partial charge >= 0.3 is 0 Å². The molecule has 1 fully saturated rings. The number of ether oxygens (including phenoxy) is 2. The van der Waals surface area contributed by atoms with Gasteiger partial charge in [0.1, 0.15) is 17.5 Å². The minimum absolute atomic E-state index is 0.155. The highest BCUT2D eigenvalue weighted by atomic mass is 32.1. The number of benzene rings is 2. The molecular formula is C27H26N4O2S. The van der Waals surface area contributed by atoms with Crippen LogP contribution < -0.4 is 19.7 Å². The SMILES string of the molecule is COc1ccc(N2C(=S)NC(c3ccccn3)C2c2ccc(C)n2-c2ccccc2)c(OC)c1. The molecule has 0 radical (unpaired) electrons. The average Bonchev–Trinajstić information content (AvgIpc) is 3.43. The lowest BCUT2D eigenvalue weighted by molar-refractivity contribution is 0.394. The number of aryl methyl sites for hydroxylation is 1. The van der Waals surface area contributed by atoms with Crippen LogP contribution in [-0.2, 0) is 0 Å². The minimum atomic E-state index is -0.168. The number of rotatable bonds is 6. The van der Waals surface area contributed by atoms with Crippen LogP contribution in [-0.4, -0.2) is 28.9 Å². The van der Waals surface area contributed by atoms with Crippen molar-refractivity contribution in [2.75, 3.05) is 19.1 Å². The zero-order valence-electron chi connectivity index (χ0n) is 19.3. The molecule has 6 nitrogen and oxygen atoms in total. The van der Waals surface area contributed by atoms with Gasteiger partial charge in [-0.1, -0.05) is 24.3 Å². The highest BCUT2D eigenvalue weighted by Crippen LogP contribution is 2.46. The van der Waals surface area contributed by atoms with Crippen LogP contribution in [0, 0.1) is 6.92 Å². The van der Waals surface area contributed by atoms with Gasteiger partial charge < -0.3 is 24.3 Å². The fourth-order valence-corrected chi connectivity index (χ4v) is 4.96. The van der Waals surface area contributed by atoms with Crippen molar-refractivity contribution in [1.29, 1.82) is 0 Å². The Morgan fingerprint density at radius 1 is 0.912 bits per heavy atom. The smallest absolute Gasteiger partial charge is 0.174 e. The molecule has 2 aromatic heterocycles. The first-order valence-electron chi connectivity index (χ1n) is 11.1. The molecule has 0 spiro atoms. The average molecular weight is 471 g/mol. The lowest BCUT2D eigenvalue weighted by Gasteiger charge is -2.30. The molecule has 1 N–H and O–H groups in total. The van der Waals surface area contributed by atoms with E-state index in [2.05, 4.69) is 63.1 Å². The first kappa shape index (κ1) is 22.0. The molecule has 5 rings (SSSR count). The van der Waals surface area contributed by atoms with E-state index in [1.165, 1.54) is 0 Å². The Morgan fingerprint density at radius 3 is 2.41 bits per heavy atom. The number of para-hydroxylation sites is 1. The molecule has 1 saturated heterocycles. The topological polar surface area (TPSA) is 51.5 Å². The number of nitrogens with zero attached hydrogens (tertiary/aromatic N) is 3. The monoisotopic (exact) mass is 470 g/mol. The maximum Gasteiger partial charge on any atom is 0.174 e. The third kappa shape index (κ3) is 3.78. The highest BCUT2D eigenvalue weighted by molar-refractivity contribution is 7.80. The molecule has 2 aromatic carbocycles. The van der Waals surface area contributed by atoms with Gasteiger partial charge in [0.15, 0.2) is 5.11 Å². The summed E-state index contributed by atoms with van der Waals surface area (Å²) in [4.78, 5) is 6.80. The molecule has 7 heteroatoms. The summed E-state index contributed by atoms with van der Waals surface area (Å²) in [5, 5.41) is 4.14. The molecule has 4 aromatic rings. The van der Waals surface area contributed by atoms with E-state index in [9.17, 15) is 0 Å². The second kappa shape index (κ2) is 9.19. The number of anilines is 1. The van der Waals surface area contributed by atoms with Gasteiger partial charge in [0.2, 0.25) is 0 Å². The second-order valence-electron chi connectivity index (χ2n) is 8.10. The number of thiocarbonyl (C=S) groups is 1. The van der Waals surface area contributed by atoms with Crippen molar-refractivity contribution in [2.45, 2.75) is 19.0 Å². The predicted molar refractivity (Wildman–Crippen MR) is 138 cm³/mol. The summed E-state index contributed by atoms with van der Waals surface area (Å²) in [6.45, 7) is 2.12. The molecule has 34 heavy (non-hydrogen) atoms. The van der Waals surface area contributed by atoms with E-state index < -0.39 is 0 Å². The van der Waals surface area contributed by atoms with Crippen LogP contribution in [0.15, 0.2) is 85.1 Å². The Kier molecular flexibility index (Phi) is 5.94. The highest BCUT2D eigenvalue weighted by Gasteiger charge is 2.43. The van der Waals surface area contributed by atoms with Crippen LogP contribution in [0.4, 0.5) is 5.69 Å².